The number of nitrogens with zero attached hydrogens (tertiary/aromatic N) is 6. The zero-order valence-electron chi connectivity index (χ0n) is 24.9. The van der Waals surface area contributed by atoms with Gasteiger partial charge in [-0.3, -0.25) is 4.55 Å². The van der Waals surface area contributed by atoms with E-state index in [2.05, 4.69) is 42.1 Å². The van der Waals surface area contributed by atoms with Crippen molar-refractivity contribution in [3.8, 4) is 6.07 Å². The zero-order chi connectivity index (χ0) is 31.4. The van der Waals surface area contributed by atoms with Crippen molar-refractivity contribution in [2.75, 3.05) is 51.2 Å². The van der Waals surface area contributed by atoms with Crippen LogP contribution in [0.3, 0.4) is 0 Å². The molecule has 1 aromatic heterocycles. The van der Waals surface area contributed by atoms with Crippen LogP contribution in [0.2, 0.25) is 0 Å². The lowest BCUT2D eigenvalue weighted by Gasteiger charge is -2.15. The molecule has 0 amide bonds. The summed E-state index contributed by atoms with van der Waals surface area (Å²) in [5, 5.41) is 34.0. The van der Waals surface area contributed by atoms with Gasteiger partial charge >= 0.3 is 0 Å². The molecule has 3 rings (SSSR count). The number of anilines is 2. The normalized spacial score (nSPS) is 11.7. The van der Waals surface area contributed by atoms with Crippen molar-refractivity contribution in [3.63, 3.8) is 0 Å². The van der Waals surface area contributed by atoms with Gasteiger partial charge in [0.1, 0.15) is 17.6 Å². The molecule has 1 heterocycles. The molecule has 3 aromatic rings. The van der Waals surface area contributed by atoms with Gasteiger partial charge in [0.05, 0.1) is 27.5 Å². The monoisotopic (exact) mass is 608 g/mol. The highest BCUT2D eigenvalue weighted by molar-refractivity contribution is 7.85. The minimum atomic E-state index is -4.37. The highest BCUT2D eigenvalue weighted by atomic mass is 32.2. The molecule has 0 aliphatic heterocycles. The first-order valence-electron chi connectivity index (χ1n) is 13.5. The van der Waals surface area contributed by atoms with E-state index in [1.165, 1.54) is 18.2 Å². The third kappa shape index (κ3) is 9.35. The van der Waals surface area contributed by atoms with Crippen LogP contribution in [0.1, 0.15) is 35.1 Å². The number of rotatable bonds is 15. The molecule has 14 heteroatoms. The number of nitriles is 1. The summed E-state index contributed by atoms with van der Waals surface area (Å²) in [6, 6.07) is 11.4. The third-order valence-corrected chi connectivity index (χ3v) is 7.16. The molecule has 2 aromatic carbocycles. The second kappa shape index (κ2) is 15.8. The van der Waals surface area contributed by atoms with Crippen LogP contribution in [0.15, 0.2) is 61.8 Å². The molecule has 0 aliphatic carbocycles. The first kappa shape index (κ1) is 33.2. The number of hydrogen-bond donors (Lipinski definition) is 3. The van der Waals surface area contributed by atoms with Crippen molar-refractivity contribution in [2.24, 2.45) is 20.5 Å². The Balaban J connectivity index is 1.99. The Morgan fingerprint density at radius 2 is 1.49 bits per heavy atom. The number of ether oxygens (including phenoxy) is 2. The maximum atomic E-state index is 11.5. The van der Waals surface area contributed by atoms with Crippen LogP contribution in [-0.2, 0) is 19.6 Å². The molecule has 0 aliphatic rings. The number of aromatic nitrogens is 1. The molecule has 13 nitrogen and oxygen atoms in total. The quantitative estimate of drug-likeness (QED) is 0.0943. The predicted molar refractivity (Wildman–Crippen MR) is 164 cm³/mol. The summed E-state index contributed by atoms with van der Waals surface area (Å²) in [6.07, 6.45) is 1.49. The van der Waals surface area contributed by atoms with Gasteiger partial charge < -0.3 is 20.1 Å². The van der Waals surface area contributed by atoms with Crippen molar-refractivity contribution in [3.05, 3.63) is 58.7 Å². The van der Waals surface area contributed by atoms with Crippen LogP contribution in [0.4, 0.5) is 34.4 Å². The molecule has 0 saturated heterocycles. The number of benzene rings is 2. The summed E-state index contributed by atoms with van der Waals surface area (Å²) in [6.45, 7) is 7.81. The summed E-state index contributed by atoms with van der Waals surface area (Å²) < 4.78 is 42.5. The van der Waals surface area contributed by atoms with E-state index in [1.807, 2.05) is 26.0 Å². The van der Waals surface area contributed by atoms with Crippen LogP contribution in [-0.4, -0.2) is 58.5 Å². The van der Waals surface area contributed by atoms with E-state index >= 15 is 0 Å². The summed E-state index contributed by atoms with van der Waals surface area (Å²) in [5.41, 5.74) is 4.25. The van der Waals surface area contributed by atoms with Crippen LogP contribution in [0, 0.1) is 32.1 Å². The average molecular weight is 609 g/mol. The highest BCUT2D eigenvalue weighted by Crippen LogP contribution is 2.37. The minimum Gasteiger partial charge on any atom is -0.385 e. The summed E-state index contributed by atoms with van der Waals surface area (Å²) >= 11 is 0. The molecular formula is C29H36N8O5S. The van der Waals surface area contributed by atoms with Gasteiger partial charge in [-0.2, -0.15) is 29.0 Å². The largest absolute Gasteiger partial charge is 0.385 e. The fourth-order valence-corrected chi connectivity index (χ4v) is 4.52. The van der Waals surface area contributed by atoms with Gasteiger partial charge in [0.25, 0.3) is 10.1 Å². The Hall–Kier alpha value is -4.29. The Labute approximate surface area is 251 Å². The Morgan fingerprint density at radius 1 is 0.884 bits per heavy atom. The first-order chi connectivity index (χ1) is 20.6. The van der Waals surface area contributed by atoms with E-state index in [0.29, 0.717) is 71.7 Å². The maximum Gasteiger partial charge on any atom is 0.294 e. The third-order valence-electron chi connectivity index (χ3n) is 6.31. The van der Waals surface area contributed by atoms with Gasteiger partial charge in [0.15, 0.2) is 5.82 Å². The van der Waals surface area contributed by atoms with E-state index in [1.54, 1.807) is 27.2 Å². The molecule has 228 valence electrons. The van der Waals surface area contributed by atoms with E-state index < -0.39 is 10.1 Å². The lowest BCUT2D eigenvalue weighted by atomic mass is 10.1. The molecule has 0 atom stereocenters. The molecule has 0 fully saturated rings. The summed E-state index contributed by atoms with van der Waals surface area (Å²) in [4.78, 5) is 4.41. The van der Waals surface area contributed by atoms with Gasteiger partial charge in [-0.05, 0) is 69.5 Å². The number of methoxy groups -OCH3 is 2. The van der Waals surface area contributed by atoms with Crippen LogP contribution >= 0.6 is 0 Å². The number of nitrogens with one attached hydrogen (secondary N) is 2. The number of pyridine rings is 1. The maximum absolute atomic E-state index is 11.5. The van der Waals surface area contributed by atoms with Crippen LogP contribution < -0.4 is 10.6 Å². The van der Waals surface area contributed by atoms with E-state index in [-0.39, 0.29) is 10.6 Å². The zero-order valence-corrected chi connectivity index (χ0v) is 25.7. The second-order valence-electron chi connectivity index (χ2n) is 9.62. The SMILES string of the molecule is COCCCNc1nc(NCCCOC)c(N=Nc2cc(C)cc(N=Nc3cccc(S(=O)(=O)O)c3)c2C)c(C)c1C#N. The molecule has 0 bridgehead atoms. The van der Waals surface area contributed by atoms with E-state index in [9.17, 15) is 18.2 Å². The molecule has 3 N–H and O–H groups in total. The highest BCUT2D eigenvalue weighted by Gasteiger charge is 2.18. The summed E-state index contributed by atoms with van der Waals surface area (Å²) in [5.74, 6) is 0.936. The number of aryl methyl sites for hydroxylation is 1. The van der Waals surface area contributed by atoms with Crippen molar-refractivity contribution in [2.45, 2.75) is 38.5 Å². The smallest absolute Gasteiger partial charge is 0.294 e. The minimum absolute atomic E-state index is 0.255. The summed E-state index contributed by atoms with van der Waals surface area (Å²) in [7, 11) is -1.09. The first-order valence-corrected chi connectivity index (χ1v) is 15.0. The fourth-order valence-electron chi connectivity index (χ4n) is 4.00. The molecular weight excluding hydrogens is 572 g/mol. The lowest BCUT2D eigenvalue weighted by Crippen LogP contribution is -2.12. The molecule has 0 spiro atoms. The molecule has 43 heavy (non-hydrogen) atoms. The van der Waals surface area contributed by atoms with Gasteiger partial charge in [-0.15, -0.1) is 5.11 Å². The number of azo groups is 2. The Bertz CT molecular complexity index is 1630. The van der Waals surface area contributed by atoms with E-state index in [4.69, 9.17) is 9.47 Å². The van der Waals surface area contributed by atoms with Crippen molar-refractivity contribution in [1.29, 1.82) is 5.26 Å². The van der Waals surface area contributed by atoms with Gasteiger partial charge in [-0.1, -0.05) is 6.07 Å². The molecule has 0 unspecified atom stereocenters. The standard InChI is InChI=1S/C29H36N8O5S/c1-19-15-25(35-34-22-9-6-10-23(17-22)43(38,39)40)21(3)26(16-19)36-37-27-20(2)24(18-30)28(31-11-7-13-41-4)33-29(27)32-12-8-14-42-5/h6,9-10,15-17H,7-8,11-14H2,1-5H3,(H2,31,32,33)(H,38,39,40). The van der Waals surface area contributed by atoms with Gasteiger partial charge in [-0.25, -0.2) is 4.98 Å². The topological polar surface area (TPSA) is 183 Å². The van der Waals surface area contributed by atoms with Crippen LogP contribution in [0.5, 0.6) is 0 Å². The average Bonchev–Trinajstić information content (AvgIpc) is 2.97. The van der Waals surface area contributed by atoms with Gasteiger partial charge in [0, 0.05) is 51.6 Å². The Kier molecular flexibility index (Phi) is 12.2. The van der Waals surface area contributed by atoms with Crippen molar-refractivity contribution >= 4 is 44.5 Å². The fraction of sp³-hybridized carbons (Fsp3) is 0.379. The van der Waals surface area contributed by atoms with Gasteiger partial charge in [0.2, 0.25) is 0 Å². The molecule has 0 radical (unpaired) electrons. The Morgan fingerprint density at radius 3 is 2.07 bits per heavy atom. The van der Waals surface area contributed by atoms with Crippen molar-refractivity contribution < 1.29 is 22.4 Å². The van der Waals surface area contributed by atoms with Crippen molar-refractivity contribution in [1.82, 2.24) is 4.98 Å². The lowest BCUT2D eigenvalue weighted by molar-refractivity contribution is 0.197. The van der Waals surface area contributed by atoms with Crippen LogP contribution in [0.25, 0.3) is 0 Å². The second-order valence-corrected chi connectivity index (χ2v) is 11.0. The number of hydrogen-bond acceptors (Lipinski definition) is 12. The molecule has 0 saturated carbocycles. The predicted octanol–water partition coefficient (Wildman–Crippen LogP) is 6.85. The van der Waals surface area contributed by atoms with E-state index in [0.717, 1.165) is 18.4 Å².